The molecule has 2 rings (SSSR count). The van der Waals surface area contributed by atoms with Crippen LogP contribution in [0.2, 0.25) is 5.02 Å². The number of amidine groups is 1. The zero-order chi connectivity index (χ0) is 13.8. The van der Waals surface area contributed by atoms with E-state index in [2.05, 4.69) is 15.4 Å². The predicted molar refractivity (Wildman–Crippen MR) is 79.8 cm³/mol. The highest BCUT2D eigenvalue weighted by molar-refractivity contribution is 8.03. The maximum atomic E-state index is 8.61. The van der Waals surface area contributed by atoms with Crippen molar-refractivity contribution in [2.75, 3.05) is 6.26 Å². The normalized spacial score (nSPS) is 11.8. The molecule has 2 aromatic rings. The maximum absolute atomic E-state index is 8.61. The zero-order valence-corrected chi connectivity index (χ0v) is 12.9. The van der Waals surface area contributed by atoms with E-state index < -0.39 is 0 Å². The molecule has 0 aliphatic rings. The van der Waals surface area contributed by atoms with E-state index in [1.807, 2.05) is 6.26 Å². The van der Waals surface area contributed by atoms with Gasteiger partial charge in [0.05, 0.1) is 5.02 Å². The lowest BCUT2D eigenvalue weighted by molar-refractivity contribution is 0.318. The van der Waals surface area contributed by atoms with E-state index in [0.29, 0.717) is 10.6 Å². The number of aromatic nitrogens is 2. The van der Waals surface area contributed by atoms with Crippen LogP contribution >= 0.6 is 46.5 Å². The van der Waals surface area contributed by atoms with E-state index in [1.54, 1.807) is 30.0 Å². The van der Waals surface area contributed by atoms with Gasteiger partial charge in [0.1, 0.15) is 0 Å². The summed E-state index contributed by atoms with van der Waals surface area (Å²) in [6, 6.07) is 5.19. The molecule has 0 unspecified atom stereocenters. The maximum Gasteiger partial charge on any atom is 0.179 e. The van der Waals surface area contributed by atoms with Crippen molar-refractivity contribution in [2.24, 2.45) is 10.9 Å². The van der Waals surface area contributed by atoms with E-state index in [9.17, 15) is 0 Å². The van der Waals surface area contributed by atoms with Gasteiger partial charge in [-0.15, -0.1) is 10.2 Å². The fourth-order valence-electron chi connectivity index (χ4n) is 1.22. The van der Waals surface area contributed by atoms with Gasteiger partial charge < -0.3 is 10.9 Å². The van der Waals surface area contributed by atoms with Crippen molar-refractivity contribution in [1.29, 1.82) is 0 Å². The van der Waals surface area contributed by atoms with Gasteiger partial charge in [0.15, 0.2) is 14.5 Å². The number of nitrogens with two attached hydrogens (primary N) is 1. The van der Waals surface area contributed by atoms with Gasteiger partial charge in [0.2, 0.25) is 0 Å². The highest BCUT2D eigenvalue weighted by Gasteiger charge is 2.10. The zero-order valence-electron chi connectivity index (χ0n) is 9.70. The molecule has 0 fully saturated rings. The molecule has 1 aromatic carbocycles. The summed E-state index contributed by atoms with van der Waals surface area (Å²) in [4.78, 5) is 0.847. The standard InChI is InChI=1S/C10H9ClN4OS3/c1-17-9-13-14-10(19-9)18-7-3-2-5(4-6(7)11)8(12)15-16/h2-4,16H,1H3,(H2,12,15). The van der Waals surface area contributed by atoms with Crippen molar-refractivity contribution in [3.8, 4) is 0 Å². The molecule has 1 heterocycles. The molecular weight excluding hydrogens is 324 g/mol. The Morgan fingerprint density at radius 2 is 2.16 bits per heavy atom. The van der Waals surface area contributed by atoms with Crippen LogP contribution in [0.1, 0.15) is 5.56 Å². The van der Waals surface area contributed by atoms with Gasteiger partial charge >= 0.3 is 0 Å². The van der Waals surface area contributed by atoms with Crippen LogP contribution in [0.25, 0.3) is 0 Å². The van der Waals surface area contributed by atoms with Crippen LogP contribution in [0.4, 0.5) is 0 Å². The topological polar surface area (TPSA) is 84.4 Å². The minimum atomic E-state index is 0.0269. The first-order valence-electron chi connectivity index (χ1n) is 4.97. The third kappa shape index (κ3) is 3.53. The Bertz CT molecular complexity index is 617. The molecule has 9 heteroatoms. The second-order valence-corrected chi connectivity index (χ2v) is 7.00. The molecule has 0 bridgehead atoms. The summed E-state index contributed by atoms with van der Waals surface area (Å²) in [6.45, 7) is 0. The number of halogens is 1. The first kappa shape index (κ1) is 14.4. The van der Waals surface area contributed by atoms with E-state index in [4.69, 9.17) is 22.5 Å². The third-order valence-corrected chi connectivity index (χ3v) is 5.55. The van der Waals surface area contributed by atoms with Crippen LogP contribution < -0.4 is 5.73 Å². The van der Waals surface area contributed by atoms with Crippen LogP contribution in [-0.4, -0.2) is 27.5 Å². The van der Waals surface area contributed by atoms with Gasteiger partial charge in [-0.2, -0.15) is 0 Å². The summed E-state index contributed by atoms with van der Waals surface area (Å²) in [6.07, 6.45) is 1.95. The minimum absolute atomic E-state index is 0.0269. The number of rotatable bonds is 4. The lowest BCUT2D eigenvalue weighted by Gasteiger charge is -2.04. The first-order chi connectivity index (χ1) is 9.13. The van der Waals surface area contributed by atoms with Gasteiger partial charge in [-0.05, 0) is 24.5 Å². The Balaban J connectivity index is 2.21. The average molecular weight is 333 g/mol. The lowest BCUT2D eigenvalue weighted by Crippen LogP contribution is -2.12. The Morgan fingerprint density at radius 3 is 2.74 bits per heavy atom. The largest absolute Gasteiger partial charge is 0.409 e. The molecule has 1 aromatic heterocycles. The highest BCUT2D eigenvalue weighted by atomic mass is 35.5. The van der Waals surface area contributed by atoms with E-state index in [1.165, 1.54) is 23.1 Å². The number of oxime groups is 1. The second-order valence-electron chi connectivity index (χ2n) is 3.27. The van der Waals surface area contributed by atoms with E-state index >= 15 is 0 Å². The van der Waals surface area contributed by atoms with Gasteiger partial charge in [-0.1, -0.05) is 51.6 Å². The molecule has 0 saturated carbocycles. The monoisotopic (exact) mass is 332 g/mol. The second kappa shape index (κ2) is 6.47. The molecule has 0 amide bonds. The number of nitrogens with zero attached hydrogens (tertiary/aromatic N) is 3. The van der Waals surface area contributed by atoms with Crippen molar-refractivity contribution in [3.05, 3.63) is 28.8 Å². The predicted octanol–water partition coefficient (Wildman–Crippen LogP) is 3.16. The molecule has 100 valence electrons. The Labute approximate surface area is 127 Å². The summed E-state index contributed by atoms with van der Waals surface area (Å²) in [5, 5.41) is 20.1. The molecule has 19 heavy (non-hydrogen) atoms. The summed E-state index contributed by atoms with van der Waals surface area (Å²) in [7, 11) is 0. The Hall–Kier alpha value is -0.960. The molecule has 0 aliphatic carbocycles. The van der Waals surface area contributed by atoms with Crippen molar-refractivity contribution in [3.63, 3.8) is 0 Å². The lowest BCUT2D eigenvalue weighted by atomic mass is 10.2. The van der Waals surface area contributed by atoms with Crippen molar-refractivity contribution in [1.82, 2.24) is 10.2 Å². The summed E-state index contributed by atoms with van der Waals surface area (Å²) in [5.41, 5.74) is 6.07. The molecule has 0 atom stereocenters. The van der Waals surface area contributed by atoms with Crippen LogP contribution in [0.3, 0.4) is 0 Å². The van der Waals surface area contributed by atoms with Gasteiger partial charge in [0.25, 0.3) is 0 Å². The molecule has 0 saturated heterocycles. The van der Waals surface area contributed by atoms with E-state index in [-0.39, 0.29) is 5.84 Å². The van der Waals surface area contributed by atoms with Crippen LogP contribution in [-0.2, 0) is 0 Å². The van der Waals surface area contributed by atoms with Crippen molar-refractivity contribution >= 4 is 52.3 Å². The SMILES string of the molecule is CSc1nnc(Sc2ccc(/C(N)=N/O)cc2Cl)s1. The highest BCUT2D eigenvalue weighted by Crippen LogP contribution is 2.36. The smallest absolute Gasteiger partial charge is 0.179 e. The van der Waals surface area contributed by atoms with Crippen molar-refractivity contribution < 1.29 is 5.21 Å². The van der Waals surface area contributed by atoms with Crippen LogP contribution in [0.15, 0.2) is 36.9 Å². The fraction of sp³-hybridized carbons (Fsp3) is 0.100. The fourth-order valence-corrected chi connectivity index (χ4v) is 3.91. The quantitative estimate of drug-likeness (QED) is 0.294. The number of hydrogen-bond donors (Lipinski definition) is 2. The molecule has 0 radical (unpaired) electrons. The van der Waals surface area contributed by atoms with Crippen molar-refractivity contribution in [2.45, 2.75) is 13.6 Å². The molecular formula is C10H9ClN4OS3. The minimum Gasteiger partial charge on any atom is -0.409 e. The summed E-state index contributed by atoms with van der Waals surface area (Å²) >= 11 is 10.7. The molecule has 0 aliphatic heterocycles. The molecule has 5 nitrogen and oxygen atoms in total. The first-order valence-corrected chi connectivity index (χ1v) is 8.20. The summed E-state index contributed by atoms with van der Waals surface area (Å²) < 4.78 is 1.73. The van der Waals surface area contributed by atoms with Gasteiger partial charge in [0, 0.05) is 10.5 Å². The Kier molecular flexibility index (Phi) is 4.92. The van der Waals surface area contributed by atoms with E-state index in [0.717, 1.165) is 13.6 Å². The van der Waals surface area contributed by atoms with Gasteiger partial charge in [-0.25, -0.2) is 0 Å². The third-order valence-electron chi connectivity index (χ3n) is 2.10. The van der Waals surface area contributed by atoms with Gasteiger partial charge in [-0.3, -0.25) is 0 Å². The van der Waals surface area contributed by atoms with Crippen LogP contribution in [0, 0.1) is 0 Å². The Morgan fingerprint density at radius 1 is 1.42 bits per heavy atom. The molecule has 0 spiro atoms. The molecule has 3 N–H and O–H groups in total. The number of thioether (sulfide) groups is 1. The summed E-state index contributed by atoms with van der Waals surface area (Å²) in [5.74, 6) is 0.0269. The van der Waals surface area contributed by atoms with Crippen LogP contribution in [0.5, 0.6) is 0 Å². The average Bonchev–Trinajstić information content (AvgIpc) is 2.88. The number of hydrogen-bond acceptors (Lipinski definition) is 7. The number of benzene rings is 1.